The molecule has 0 radical (unpaired) electrons. The van der Waals surface area contributed by atoms with Gasteiger partial charge < -0.3 is 9.84 Å². The van der Waals surface area contributed by atoms with Crippen LogP contribution in [0.15, 0.2) is 47.5 Å². The first-order valence-corrected chi connectivity index (χ1v) is 14.3. The number of fused-ring (bicyclic) bond motifs is 1. The third-order valence-electron chi connectivity index (χ3n) is 9.60. The van der Waals surface area contributed by atoms with Gasteiger partial charge in [0.25, 0.3) is 0 Å². The van der Waals surface area contributed by atoms with Gasteiger partial charge in [0.2, 0.25) is 0 Å². The van der Waals surface area contributed by atoms with Gasteiger partial charge >= 0.3 is 6.09 Å². The first-order chi connectivity index (χ1) is 18.0. The van der Waals surface area contributed by atoms with E-state index >= 15 is 0 Å². The van der Waals surface area contributed by atoms with Gasteiger partial charge in [0.05, 0.1) is 18.9 Å². The molecule has 5 aliphatic rings. The zero-order valence-electron chi connectivity index (χ0n) is 22.3. The lowest BCUT2D eigenvalue weighted by Crippen LogP contribution is -2.61. The number of carboxylic acid groups (broad SMARTS) is 1. The predicted molar refractivity (Wildman–Crippen MR) is 147 cm³/mol. The number of methoxy groups -OCH3 is 1. The molecule has 1 aliphatic heterocycles. The molecule has 4 saturated carbocycles. The normalized spacial score (nSPS) is 29.5. The van der Waals surface area contributed by atoms with Gasteiger partial charge in [-0.25, -0.2) is 4.79 Å². The summed E-state index contributed by atoms with van der Waals surface area (Å²) in [6.45, 7) is 2.70. The first kappa shape index (κ1) is 24.5. The quantitative estimate of drug-likeness (QED) is 0.421. The lowest BCUT2D eigenvalue weighted by atomic mass is 9.52. The zero-order valence-corrected chi connectivity index (χ0v) is 22.3. The first-order valence-electron chi connectivity index (χ1n) is 14.3. The Hall–Kier alpha value is -2.82. The average molecular weight is 501 g/mol. The highest BCUT2D eigenvalue weighted by Gasteiger charge is 2.54. The maximum Gasteiger partial charge on any atom is 0.408 e. The van der Waals surface area contributed by atoms with Crippen molar-refractivity contribution in [3.8, 4) is 5.75 Å². The Morgan fingerprint density at radius 3 is 2.32 bits per heavy atom. The van der Waals surface area contributed by atoms with Crippen LogP contribution in [-0.4, -0.2) is 40.5 Å². The van der Waals surface area contributed by atoms with Crippen molar-refractivity contribution in [3.05, 3.63) is 64.7 Å². The second-order valence-electron chi connectivity index (χ2n) is 12.2. The smallest absolute Gasteiger partial charge is 0.408 e. The molecule has 1 atom stereocenters. The van der Waals surface area contributed by atoms with Crippen LogP contribution in [0.1, 0.15) is 87.0 Å². The molecule has 4 fully saturated rings. The van der Waals surface area contributed by atoms with E-state index in [4.69, 9.17) is 9.73 Å². The number of ether oxygens (including phenoxy) is 1. The van der Waals surface area contributed by atoms with E-state index in [0.717, 1.165) is 72.4 Å². The van der Waals surface area contributed by atoms with E-state index in [2.05, 4.69) is 43.3 Å². The number of unbranched alkanes of at least 4 members (excludes halogenated alkanes) is 1. The summed E-state index contributed by atoms with van der Waals surface area (Å²) in [6.07, 6.45) is 10.7. The van der Waals surface area contributed by atoms with E-state index in [1.165, 1.54) is 43.2 Å². The predicted octanol–water partition coefficient (Wildman–Crippen LogP) is 7.10. The molecular weight excluding hydrogens is 460 g/mol. The van der Waals surface area contributed by atoms with Gasteiger partial charge in [-0.1, -0.05) is 44.0 Å². The number of benzene rings is 2. The average Bonchev–Trinajstić information content (AvgIpc) is 2.89. The van der Waals surface area contributed by atoms with Gasteiger partial charge in [-0.15, -0.1) is 0 Å². The maximum atomic E-state index is 12.5. The van der Waals surface area contributed by atoms with Crippen molar-refractivity contribution in [3.63, 3.8) is 0 Å². The summed E-state index contributed by atoms with van der Waals surface area (Å²) >= 11 is 0. The van der Waals surface area contributed by atoms with Crippen LogP contribution in [0.25, 0.3) is 0 Å². The summed E-state index contributed by atoms with van der Waals surface area (Å²) in [4.78, 5) is 19.6. The Labute approximate surface area is 220 Å². The molecule has 2 aromatic rings. The van der Waals surface area contributed by atoms with Gasteiger partial charge in [0.1, 0.15) is 5.75 Å². The molecule has 5 heteroatoms. The van der Waals surface area contributed by atoms with E-state index in [1.807, 2.05) is 11.0 Å². The van der Waals surface area contributed by atoms with Crippen LogP contribution in [0.5, 0.6) is 5.75 Å². The van der Waals surface area contributed by atoms with Crippen LogP contribution in [0, 0.1) is 17.8 Å². The highest BCUT2D eigenvalue weighted by Crippen LogP contribution is 2.58. The van der Waals surface area contributed by atoms with Crippen molar-refractivity contribution >= 4 is 11.8 Å². The molecule has 1 heterocycles. The Morgan fingerprint density at radius 2 is 1.73 bits per heavy atom. The highest BCUT2D eigenvalue weighted by atomic mass is 16.5. The number of hydrogen-bond donors (Lipinski definition) is 1. The minimum atomic E-state index is -0.760. The number of aliphatic imine (C=N–C) groups is 1. The van der Waals surface area contributed by atoms with Gasteiger partial charge in [-0.05, 0) is 98.4 Å². The molecule has 37 heavy (non-hydrogen) atoms. The second-order valence-corrected chi connectivity index (χ2v) is 12.2. The van der Waals surface area contributed by atoms with Crippen molar-refractivity contribution in [1.82, 2.24) is 4.90 Å². The molecule has 5 nitrogen and oxygen atoms in total. The lowest BCUT2D eigenvalue weighted by Gasteiger charge is -2.59. The van der Waals surface area contributed by atoms with Crippen LogP contribution < -0.4 is 4.74 Å². The minimum Gasteiger partial charge on any atom is -0.497 e. The van der Waals surface area contributed by atoms with Crippen molar-refractivity contribution < 1.29 is 14.6 Å². The standard InChI is InChI=1S/C32H40N2O3/c1-3-4-5-27-15-26-16-28(37-2)10-11-29(26)30(33-27)25-8-6-21(7-9-25)20-34(31(35)36)32-17-22-12-23(18-32)14-24(13-22)19-32/h6-11,16,22-24,27H,3-5,12-15,17-20H2,1-2H3,(H,35,36). The number of carbonyl (C=O) groups is 1. The minimum absolute atomic E-state index is 0.156. The number of hydrogen-bond acceptors (Lipinski definition) is 3. The molecule has 1 amide bonds. The largest absolute Gasteiger partial charge is 0.497 e. The fraction of sp³-hybridized carbons (Fsp3) is 0.562. The van der Waals surface area contributed by atoms with Crippen molar-refractivity contribution in [2.24, 2.45) is 22.7 Å². The van der Waals surface area contributed by atoms with E-state index in [0.29, 0.717) is 6.54 Å². The van der Waals surface area contributed by atoms with E-state index < -0.39 is 6.09 Å². The molecule has 4 bridgehead atoms. The topological polar surface area (TPSA) is 62.1 Å². The molecule has 0 spiro atoms. The van der Waals surface area contributed by atoms with Crippen molar-refractivity contribution in [1.29, 1.82) is 0 Å². The van der Waals surface area contributed by atoms with Gasteiger partial charge in [0.15, 0.2) is 0 Å². The number of nitrogens with zero attached hydrogens (tertiary/aromatic N) is 2. The van der Waals surface area contributed by atoms with E-state index in [-0.39, 0.29) is 11.6 Å². The van der Waals surface area contributed by atoms with Crippen LogP contribution in [-0.2, 0) is 13.0 Å². The fourth-order valence-electron chi connectivity index (χ4n) is 8.27. The summed E-state index contributed by atoms with van der Waals surface area (Å²) in [5.74, 6) is 3.06. The van der Waals surface area contributed by atoms with Gasteiger partial charge in [0, 0.05) is 23.2 Å². The van der Waals surface area contributed by atoms with Crippen LogP contribution in [0.4, 0.5) is 4.79 Å². The summed E-state index contributed by atoms with van der Waals surface area (Å²) < 4.78 is 5.50. The lowest BCUT2D eigenvalue weighted by molar-refractivity contribution is -0.0803. The number of amides is 1. The summed E-state index contributed by atoms with van der Waals surface area (Å²) in [5, 5.41) is 10.3. The molecule has 1 unspecified atom stereocenters. The van der Waals surface area contributed by atoms with Crippen LogP contribution in [0.3, 0.4) is 0 Å². The molecule has 196 valence electrons. The zero-order chi connectivity index (χ0) is 25.6. The molecule has 4 aliphatic carbocycles. The van der Waals surface area contributed by atoms with Gasteiger partial charge in [-0.3, -0.25) is 9.89 Å². The van der Waals surface area contributed by atoms with Gasteiger partial charge in [-0.2, -0.15) is 0 Å². The highest BCUT2D eigenvalue weighted by molar-refractivity contribution is 6.14. The van der Waals surface area contributed by atoms with E-state index in [1.54, 1.807) is 7.11 Å². The third kappa shape index (κ3) is 4.66. The Kier molecular flexibility index (Phi) is 6.50. The SMILES string of the molecule is CCCCC1Cc2cc(OC)ccc2C(c2ccc(CN(C(=O)O)C34CC5CC(CC(C5)C3)C4)cc2)=N1. The molecular formula is C32H40N2O3. The molecule has 1 N–H and O–H groups in total. The Bertz CT molecular complexity index is 1150. The fourth-order valence-corrected chi connectivity index (χ4v) is 8.27. The molecule has 2 aromatic carbocycles. The Morgan fingerprint density at radius 1 is 1.05 bits per heavy atom. The maximum absolute atomic E-state index is 12.5. The molecule has 7 rings (SSSR count). The van der Waals surface area contributed by atoms with Crippen LogP contribution >= 0.6 is 0 Å². The number of rotatable bonds is 8. The molecule has 0 saturated heterocycles. The van der Waals surface area contributed by atoms with E-state index in [9.17, 15) is 9.90 Å². The monoisotopic (exact) mass is 500 g/mol. The third-order valence-corrected chi connectivity index (χ3v) is 9.60. The summed E-state index contributed by atoms with van der Waals surface area (Å²) in [5.41, 5.74) is 5.55. The summed E-state index contributed by atoms with van der Waals surface area (Å²) in [7, 11) is 1.72. The Balaban J connectivity index is 1.26. The van der Waals surface area contributed by atoms with Crippen molar-refractivity contribution in [2.45, 2.75) is 89.3 Å². The summed E-state index contributed by atoms with van der Waals surface area (Å²) in [6, 6.07) is 15.1. The van der Waals surface area contributed by atoms with Crippen molar-refractivity contribution in [2.75, 3.05) is 7.11 Å². The van der Waals surface area contributed by atoms with Crippen LogP contribution in [0.2, 0.25) is 0 Å². The second kappa shape index (κ2) is 9.81. The molecule has 0 aromatic heterocycles.